The molecule has 1 aliphatic heterocycles. The average molecular weight is 377 g/mol. The maximum absolute atomic E-state index is 13.1. The van der Waals surface area contributed by atoms with Crippen molar-refractivity contribution in [2.24, 2.45) is 0 Å². The summed E-state index contributed by atoms with van der Waals surface area (Å²) in [6, 6.07) is 14.9. The zero-order valence-corrected chi connectivity index (χ0v) is 16.1. The van der Waals surface area contributed by atoms with Gasteiger partial charge in [0.2, 0.25) is 0 Å². The highest BCUT2D eigenvalue weighted by molar-refractivity contribution is 5.98. The van der Waals surface area contributed by atoms with Crippen LogP contribution >= 0.6 is 0 Å². The van der Waals surface area contributed by atoms with Crippen LogP contribution in [-0.4, -0.2) is 46.0 Å². The molecule has 28 heavy (non-hydrogen) atoms. The number of ether oxygens (including phenoxy) is 1. The van der Waals surface area contributed by atoms with E-state index in [1.165, 1.54) is 7.11 Å². The number of para-hydroxylation sites is 2. The van der Waals surface area contributed by atoms with E-state index in [1.807, 2.05) is 30.0 Å². The molecule has 6 heteroatoms. The number of amides is 1. The number of carbonyl (C=O) groups excluding carboxylic acids is 2. The molecule has 1 saturated heterocycles. The van der Waals surface area contributed by atoms with Crippen LogP contribution in [0.4, 0.5) is 0 Å². The van der Waals surface area contributed by atoms with Gasteiger partial charge in [0, 0.05) is 18.7 Å². The Morgan fingerprint density at radius 2 is 1.93 bits per heavy atom. The van der Waals surface area contributed by atoms with Crippen LogP contribution in [0.1, 0.15) is 39.4 Å². The Labute approximate surface area is 163 Å². The number of hydrogen-bond acceptors (Lipinski definition) is 4. The molecule has 0 bridgehead atoms. The number of benzene rings is 2. The number of fused-ring (bicyclic) bond motifs is 1. The molecule has 2 aromatic carbocycles. The predicted molar refractivity (Wildman–Crippen MR) is 106 cm³/mol. The average Bonchev–Trinajstić information content (AvgIpc) is 3.31. The molecule has 3 aromatic rings. The SMILES string of the molecule is COC(=O)c1cccc(C(=O)N2CCC[C@@H]2Cn2c(C)nc3ccccc32)c1. The van der Waals surface area contributed by atoms with Crippen LogP contribution < -0.4 is 0 Å². The molecule has 1 atom stereocenters. The van der Waals surface area contributed by atoms with Crippen molar-refractivity contribution in [2.45, 2.75) is 32.4 Å². The Morgan fingerprint density at radius 3 is 2.75 bits per heavy atom. The monoisotopic (exact) mass is 377 g/mol. The third kappa shape index (κ3) is 3.26. The second kappa shape index (κ2) is 7.46. The molecule has 1 fully saturated rings. The number of aromatic nitrogens is 2. The van der Waals surface area contributed by atoms with E-state index in [0.29, 0.717) is 11.1 Å². The van der Waals surface area contributed by atoms with Gasteiger partial charge < -0.3 is 14.2 Å². The number of aryl methyl sites for hydroxylation is 1. The largest absolute Gasteiger partial charge is 0.465 e. The molecule has 6 nitrogen and oxygen atoms in total. The van der Waals surface area contributed by atoms with Crippen LogP contribution in [0.3, 0.4) is 0 Å². The smallest absolute Gasteiger partial charge is 0.337 e. The van der Waals surface area contributed by atoms with Crippen LogP contribution in [0.5, 0.6) is 0 Å². The predicted octanol–water partition coefficient (Wildman–Crippen LogP) is 3.44. The molecule has 0 N–H and O–H groups in total. The minimum atomic E-state index is -0.437. The van der Waals surface area contributed by atoms with Gasteiger partial charge in [0.15, 0.2) is 0 Å². The van der Waals surface area contributed by atoms with Crippen molar-refractivity contribution >= 4 is 22.9 Å². The Bertz CT molecular complexity index is 1040. The summed E-state index contributed by atoms with van der Waals surface area (Å²) in [7, 11) is 1.34. The number of hydrogen-bond donors (Lipinski definition) is 0. The first kappa shape index (κ1) is 18.2. The Balaban J connectivity index is 1.59. The lowest BCUT2D eigenvalue weighted by Crippen LogP contribution is -2.38. The van der Waals surface area contributed by atoms with E-state index in [0.717, 1.165) is 42.8 Å². The number of esters is 1. The highest BCUT2D eigenvalue weighted by atomic mass is 16.5. The fourth-order valence-electron chi connectivity index (χ4n) is 3.99. The number of methoxy groups -OCH3 is 1. The van der Waals surface area contributed by atoms with E-state index < -0.39 is 5.97 Å². The topological polar surface area (TPSA) is 64.4 Å². The standard InChI is InChI=1S/C22H23N3O3/c1-15-23-19-10-3-4-11-20(19)25(15)14-18-9-6-12-24(18)21(26)16-7-5-8-17(13-16)22(27)28-2/h3-5,7-8,10-11,13,18H,6,9,12,14H2,1-2H3/t18-/m1/s1. The van der Waals surface area contributed by atoms with Crippen molar-refractivity contribution in [3.8, 4) is 0 Å². The van der Waals surface area contributed by atoms with Gasteiger partial charge in [0.25, 0.3) is 5.91 Å². The summed E-state index contributed by atoms with van der Waals surface area (Å²) in [6.07, 6.45) is 1.92. The van der Waals surface area contributed by atoms with Crippen LogP contribution in [0.25, 0.3) is 11.0 Å². The lowest BCUT2D eigenvalue weighted by Gasteiger charge is -2.26. The van der Waals surface area contributed by atoms with Gasteiger partial charge in [-0.25, -0.2) is 9.78 Å². The zero-order valence-electron chi connectivity index (χ0n) is 16.1. The molecule has 2 heterocycles. The summed E-state index contributed by atoms with van der Waals surface area (Å²) in [5.74, 6) is 0.469. The minimum absolute atomic E-state index is 0.0460. The van der Waals surface area contributed by atoms with Crippen molar-refractivity contribution in [2.75, 3.05) is 13.7 Å². The summed E-state index contributed by atoms with van der Waals surface area (Å²) in [6.45, 7) is 3.44. The molecule has 0 aliphatic carbocycles. The summed E-state index contributed by atoms with van der Waals surface area (Å²) in [5, 5.41) is 0. The fourth-order valence-corrected chi connectivity index (χ4v) is 3.99. The van der Waals surface area contributed by atoms with E-state index in [4.69, 9.17) is 4.74 Å². The molecule has 144 valence electrons. The second-order valence-electron chi connectivity index (χ2n) is 7.13. The van der Waals surface area contributed by atoms with Gasteiger partial charge in [-0.15, -0.1) is 0 Å². The molecular weight excluding hydrogens is 354 g/mol. The van der Waals surface area contributed by atoms with Crippen molar-refractivity contribution in [3.63, 3.8) is 0 Å². The molecule has 1 amide bonds. The summed E-state index contributed by atoms with van der Waals surface area (Å²) < 4.78 is 6.96. The zero-order chi connectivity index (χ0) is 19.7. The van der Waals surface area contributed by atoms with Gasteiger partial charge in [-0.1, -0.05) is 18.2 Å². The highest BCUT2D eigenvalue weighted by Gasteiger charge is 2.30. The van der Waals surface area contributed by atoms with Gasteiger partial charge in [-0.2, -0.15) is 0 Å². The number of imidazole rings is 1. The van der Waals surface area contributed by atoms with Gasteiger partial charge in [0.1, 0.15) is 5.82 Å². The molecule has 0 saturated carbocycles. The van der Waals surface area contributed by atoms with Gasteiger partial charge in [-0.3, -0.25) is 4.79 Å². The number of nitrogens with zero attached hydrogens (tertiary/aromatic N) is 3. The van der Waals surface area contributed by atoms with E-state index in [9.17, 15) is 9.59 Å². The van der Waals surface area contributed by atoms with Crippen LogP contribution in [0.15, 0.2) is 48.5 Å². The van der Waals surface area contributed by atoms with Crippen LogP contribution in [-0.2, 0) is 11.3 Å². The third-order valence-corrected chi connectivity index (χ3v) is 5.41. The van der Waals surface area contributed by atoms with Gasteiger partial charge >= 0.3 is 5.97 Å². The Morgan fingerprint density at radius 1 is 1.14 bits per heavy atom. The van der Waals surface area contributed by atoms with Crippen molar-refractivity contribution in [1.29, 1.82) is 0 Å². The molecule has 1 aromatic heterocycles. The summed E-state index contributed by atoms with van der Waals surface area (Å²) in [5.41, 5.74) is 2.97. The molecule has 0 unspecified atom stereocenters. The highest BCUT2D eigenvalue weighted by Crippen LogP contribution is 2.25. The number of carbonyl (C=O) groups is 2. The quantitative estimate of drug-likeness (QED) is 0.654. The maximum Gasteiger partial charge on any atom is 0.337 e. The fraction of sp³-hybridized carbons (Fsp3) is 0.318. The Kier molecular flexibility index (Phi) is 4.86. The Hall–Kier alpha value is -3.15. The van der Waals surface area contributed by atoms with Crippen molar-refractivity contribution in [1.82, 2.24) is 14.5 Å². The van der Waals surface area contributed by atoms with E-state index in [1.54, 1.807) is 24.3 Å². The van der Waals surface area contributed by atoms with Crippen LogP contribution in [0.2, 0.25) is 0 Å². The molecular formula is C22H23N3O3. The van der Waals surface area contributed by atoms with E-state index in [-0.39, 0.29) is 11.9 Å². The van der Waals surface area contributed by atoms with E-state index >= 15 is 0 Å². The van der Waals surface area contributed by atoms with Crippen molar-refractivity contribution in [3.05, 3.63) is 65.5 Å². The first-order chi connectivity index (χ1) is 13.6. The third-order valence-electron chi connectivity index (χ3n) is 5.41. The van der Waals surface area contributed by atoms with E-state index in [2.05, 4.69) is 15.6 Å². The molecule has 4 rings (SSSR count). The first-order valence-corrected chi connectivity index (χ1v) is 9.49. The molecule has 1 aliphatic rings. The van der Waals surface area contributed by atoms with Gasteiger partial charge in [0.05, 0.1) is 29.7 Å². The summed E-state index contributed by atoms with van der Waals surface area (Å²) in [4.78, 5) is 31.5. The molecule has 0 radical (unpaired) electrons. The molecule has 0 spiro atoms. The minimum Gasteiger partial charge on any atom is -0.465 e. The maximum atomic E-state index is 13.1. The van der Waals surface area contributed by atoms with Crippen LogP contribution in [0, 0.1) is 6.92 Å². The lowest BCUT2D eigenvalue weighted by atomic mass is 10.1. The van der Waals surface area contributed by atoms with Gasteiger partial charge in [-0.05, 0) is 50.1 Å². The summed E-state index contributed by atoms with van der Waals surface area (Å²) >= 11 is 0. The lowest BCUT2D eigenvalue weighted by molar-refractivity contribution is 0.0600. The normalized spacial score (nSPS) is 16.5. The number of rotatable bonds is 4. The van der Waals surface area contributed by atoms with Crippen molar-refractivity contribution < 1.29 is 14.3 Å². The number of likely N-dealkylation sites (tertiary alicyclic amines) is 1. The second-order valence-corrected chi connectivity index (χ2v) is 7.13. The first-order valence-electron chi connectivity index (χ1n) is 9.49.